The zero-order valence-electron chi connectivity index (χ0n) is 10.6. The summed E-state index contributed by atoms with van der Waals surface area (Å²) in [6, 6.07) is 0.839. The highest BCUT2D eigenvalue weighted by Crippen LogP contribution is 2.22. The van der Waals surface area contributed by atoms with E-state index in [1.54, 1.807) is 0 Å². The van der Waals surface area contributed by atoms with E-state index in [-0.39, 0.29) is 0 Å². The van der Waals surface area contributed by atoms with Crippen LogP contribution in [0.2, 0.25) is 0 Å². The van der Waals surface area contributed by atoms with Crippen LogP contribution in [0.25, 0.3) is 0 Å². The van der Waals surface area contributed by atoms with Gasteiger partial charge in [0.2, 0.25) is 0 Å². The standard InChI is InChI=1S/C13H26N2O/c1-2-16-11-12-4-3-9-15(10-12)13-5-7-14-8-6-13/h12-14H,2-11H2,1H3/t12-/m1/s1. The van der Waals surface area contributed by atoms with Gasteiger partial charge in [0.05, 0.1) is 6.61 Å². The Bertz CT molecular complexity index is 192. The van der Waals surface area contributed by atoms with Gasteiger partial charge >= 0.3 is 0 Å². The summed E-state index contributed by atoms with van der Waals surface area (Å²) in [5.41, 5.74) is 0. The Morgan fingerprint density at radius 3 is 2.81 bits per heavy atom. The average molecular weight is 226 g/mol. The molecule has 2 heterocycles. The van der Waals surface area contributed by atoms with Gasteiger partial charge in [0.15, 0.2) is 0 Å². The molecule has 94 valence electrons. The van der Waals surface area contributed by atoms with Crippen LogP contribution < -0.4 is 5.32 Å². The SMILES string of the molecule is CCOC[C@@H]1CCCN(C2CCNCC2)C1. The number of likely N-dealkylation sites (tertiary alicyclic amines) is 1. The summed E-state index contributed by atoms with van der Waals surface area (Å²) in [7, 11) is 0. The third-order valence-corrected chi connectivity index (χ3v) is 3.93. The highest BCUT2D eigenvalue weighted by atomic mass is 16.5. The predicted octanol–water partition coefficient (Wildman–Crippen LogP) is 1.49. The van der Waals surface area contributed by atoms with Crippen LogP contribution in [-0.4, -0.2) is 50.3 Å². The Balaban J connectivity index is 1.76. The number of rotatable bonds is 4. The molecule has 0 aliphatic carbocycles. The highest BCUT2D eigenvalue weighted by molar-refractivity contribution is 4.82. The van der Waals surface area contributed by atoms with Crippen molar-refractivity contribution in [2.45, 2.75) is 38.6 Å². The minimum atomic E-state index is 0.781. The lowest BCUT2D eigenvalue weighted by molar-refractivity contribution is 0.0443. The van der Waals surface area contributed by atoms with E-state index < -0.39 is 0 Å². The summed E-state index contributed by atoms with van der Waals surface area (Å²) >= 11 is 0. The molecule has 0 aromatic rings. The highest BCUT2D eigenvalue weighted by Gasteiger charge is 2.26. The van der Waals surface area contributed by atoms with Gasteiger partial charge in [-0.2, -0.15) is 0 Å². The number of hydrogen-bond donors (Lipinski definition) is 1. The number of nitrogens with zero attached hydrogens (tertiary/aromatic N) is 1. The zero-order valence-corrected chi connectivity index (χ0v) is 10.6. The quantitative estimate of drug-likeness (QED) is 0.786. The Morgan fingerprint density at radius 1 is 1.25 bits per heavy atom. The molecule has 0 saturated carbocycles. The molecule has 0 aromatic carbocycles. The summed E-state index contributed by atoms with van der Waals surface area (Å²) in [6.07, 6.45) is 5.39. The lowest BCUT2D eigenvalue weighted by Gasteiger charge is -2.40. The molecule has 0 radical (unpaired) electrons. The molecule has 2 saturated heterocycles. The van der Waals surface area contributed by atoms with Crippen LogP contribution in [0.5, 0.6) is 0 Å². The number of nitrogens with one attached hydrogen (secondary N) is 1. The molecule has 16 heavy (non-hydrogen) atoms. The lowest BCUT2D eigenvalue weighted by atomic mass is 9.95. The van der Waals surface area contributed by atoms with Crippen molar-refractivity contribution in [2.75, 3.05) is 39.4 Å². The molecule has 0 amide bonds. The summed E-state index contributed by atoms with van der Waals surface area (Å²) < 4.78 is 5.57. The third-order valence-electron chi connectivity index (χ3n) is 3.93. The second kappa shape index (κ2) is 6.58. The summed E-state index contributed by atoms with van der Waals surface area (Å²) in [4.78, 5) is 2.72. The molecule has 0 bridgehead atoms. The fraction of sp³-hybridized carbons (Fsp3) is 1.00. The minimum Gasteiger partial charge on any atom is -0.381 e. The van der Waals surface area contributed by atoms with Gasteiger partial charge in [-0.3, -0.25) is 4.90 Å². The first-order valence-electron chi connectivity index (χ1n) is 6.92. The minimum absolute atomic E-state index is 0.781. The van der Waals surface area contributed by atoms with Crippen molar-refractivity contribution in [2.24, 2.45) is 5.92 Å². The van der Waals surface area contributed by atoms with Gasteiger partial charge in [-0.15, -0.1) is 0 Å². The molecule has 2 fully saturated rings. The van der Waals surface area contributed by atoms with Crippen molar-refractivity contribution in [1.82, 2.24) is 10.2 Å². The van der Waals surface area contributed by atoms with Gasteiger partial charge in [0.1, 0.15) is 0 Å². The predicted molar refractivity (Wildman–Crippen MR) is 66.7 cm³/mol. The Morgan fingerprint density at radius 2 is 2.06 bits per heavy atom. The third kappa shape index (κ3) is 3.44. The van der Waals surface area contributed by atoms with Crippen LogP contribution >= 0.6 is 0 Å². The van der Waals surface area contributed by atoms with E-state index in [0.29, 0.717) is 0 Å². The van der Waals surface area contributed by atoms with E-state index in [0.717, 1.165) is 25.2 Å². The van der Waals surface area contributed by atoms with E-state index in [1.807, 2.05) is 0 Å². The molecule has 2 rings (SSSR count). The molecular weight excluding hydrogens is 200 g/mol. The van der Waals surface area contributed by atoms with Crippen molar-refractivity contribution >= 4 is 0 Å². The first-order chi connectivity index (χ1) is 7.90. The number of ether oxygens (including phenoxy) is 1. The van der Waals surface area contributed by atoms with Gasteiger partial charge in [-0.1, -0.05) is 0 Å². The van der Waals surface area contributed by atoms with Crippen molar-refractivity contribution < 1.29 is 4.74 Å². The maximum atomic E-state index is 5.57. The van der Waals surface area contributed by atoms with E-state index in [4.69, 9.17) is 4.74 Å². The molecule has 2 aliphatic rings. The molecule has 3 heteroatoms. The molecule has 0 spiro atoms. The number of piperidine rings is 2. The molecule has 0 unspecified atom stereocenters. The Labute approximate surface area is 99.5 Å². The fourth-order valence-electron chi connectivity index (χ4n) is 3.02. The number of hydrogen-bond acceptors (Lipinski definition) is 3. The van der Waals surface area contributed by atoms with E-state index >= 15 is 0 Å². The molecule has 3 nitrogen and oxygen atoms in total. The van der Waals surface area contributed by atoms with Crippen LogP contribution in [0.15, 0.2) is 0 Å². The summed E-state index contributed by atoms with van der Waals surface area (Å²) in [5.74, 6) is 0.781. The fourth-order valence-corrected chi connectivity index (χ4v) is 3.02. The summed E-state index contributed by atoms with van der Waals surface area (Å²) in [5, 5.41) is 3.45. The van der Waals surface area contributed by atoms with Crippen LogP contribution in [0, 0.1) is 5.92 Å². The molecule has 0 aromatic heterocycles. The Kier molecular flexibility index (Phi) is 5.07. The van der Waals surface area contributed by atoms with Gasteiger partial charge in [0, 0.05) is 19.2 Å². The smallest absolute Gasteiger partial charge is 0.0506 e. The maximum Gasteiger partial charge on any atom is 0.0506 e. The lowest BCUT2D eigenvalue weighted by Crippen LogP contribution is -2.48. The Hall–Kier alpha value is -0.120. The maximum absolute atomic E-state index is 5.57. The van der Waals surface area contributed by atoms with E-state index in [1.165, 1.54) is 51.9 Å². The molecule has 1 N–H and O–H groups in total. The van der Waals surface area contributed by atoms with Crippen molar-refractivity contribution in [1.29, 1.82) is 0 Å². The van der Waals surface area contributed by atoms with Gasteiger partial charge in [-0.25, -0.2) is 0 Å². The zero-order chi connectivity index (χ0) is 11.2. The normalized spacial score (nSPS) is 29.4. The first kappa shape index (κ1) is 12.3. The second-order valence-electron chi connectivity index (χ2n) is 5.14. The van der Waals surface area contributed by atoms with Gasteiger partial charge in [-0.05, 0) is 58.2 Å². The van der Waals surface area contributed by atoms with Crippen LogP contribution in [0.1, 0.15) is 32.6 Å². The van der Waals surface area contributed by atoms with Crippen LogP contribution in [-0.2, 0) is 4.74 Å². The van der Waals surface area contributed by atoms with Gasteiger partial charge in [0.25, 0.3) is 0 Å². The molecule has 1 atom stereocenters. The summed E-state index contributed by atoms with van der Waals surface area (Å²) in [6.45, 7) is 8.92. The van der Waals surface area contributed by atoms with E-state index in [9.17, 15) is 0 Å². The van der Waals surface area contributed by atoms with Crippen molar-refractivity contribution in [3.8, 4) is 0 Å². The largest absolute Gasteiger partial charge is 0.381 e. The monoisotopic (exact) mass is 226 g/mol. The van der Waals surface area contributed by atoms with Crippen molar-refractivity contribution in [3.63, 3.8) is 0 Å². The van der Waals surface area contributed by atoms with Crippen LogP contribution in [0.3, 0.4) is 0 Å². The first-order valence-corrected chi connectivity index (χ1v) is 6.92. The van der Waals surface area contributed by atoms with E-state index in [2.05, 4.69) is 17.1 Å². The molecular formula is C13H26N2O. The van der Waals surface area contributed by atoms with Crippen molar-refractivity contribution in [3.05, 3.63) is 0 Å². The van der Waals surface area contributed by atoms with Gasteiger partial charge < -0.3 is 10.1 Å². The van der Waals surface area contributed by atoms with Crippen LogP contribution in [0.4, 0.5) is 0 Å². The topological polar surface area (TPSA) is 24.5 Å². The molecule has 2 aliphatic heterocycles. The average Bonchev–Trinajstić information content (AvgIpc) is 2.38. The second-order valence-corrected chi connectivity index (χ2v) is 5.14.